The smallest absolute Gasteiger partial charge is 0.267 e. The van der Waals surface area contributed by atoms with Crippen molar-refractivity contribution >= 4 is 5.52 Å². The molecule has 0 N–H and O–H groups in total. The molecule has 27 heavy (non-hydrogen) atoms. The molecule has 4 rings (SSSR count). The molecule has 0 atom stereocenters. The monoisotopic (exact) mass is 360 g/mol. The predicted octanol–water partition coefficient (Wildman–Crippen LogP) is 3.81. The Kier molecular flexibility index (Phi) is 4.24. The van der Waals surface area contributed by atoms with Gasteiger partial charge in [0, 0.05) is 17.8 Å². The number of aromatic nitrogens is 4. The quantitative estimate of drug-likeness (QED) is 0.555. The molecule has 0 aliphatic heterocycles. The van der Waals surface area contributed by atoms with Crippen LogP contribution < -0.4 is 10.3 Å². The van der Waals surface area contributed by atoms with E-state index in [0.29, 0.717) is 5.69 Å². The van der Waals surface area contributed by atoms with Gasteiger partial charge in [0.1, 0.15) is 11.4 Å². The number of nitrogens with zero attached hydrogens (tertiary/aromatic N) is 4. The molecule has 6 nitrogen and oxygen atoms in total. The van der Waals surface area contributed by atoms with Gasteiger partial charge in [-0.15, -0.1) is 0 Å². The Bertz CT molecular complexity index is 1170. The van der Waals surface area contributed by atoms with Gasteiger partial charge in [-0.05, 0) is 44.2 Å². The summed E-state index contributed by atoms with van der Waals surface area (Å²) in [6.45, 7) is 3.88. The molecule has 0 bridgehead atoms. The highest BCUT2D eigenvalue weighted by Crippen LogP contribution is 2.35. The molecule has 4 aromatic rings. The molecule has 0 fully saturated rings. The van der Waals surface area contributed by atoms with E-state index >= 15 is 0 Å². The van der Waals surface area contributed by atoms with Gasteiger partial charge in [-0.3, -0.25) is 4.79 Å². The van der Waals surface area contributed by atoms with E-state index in [1.54, 1.807) is 19.2 Å². The third kappa shape index (κ3) is 2.99. The zero-order valence-corrected chi connectivity index (χ0v) is 15.5. The number of methoxy groups -OCH3 is 1. The summed E-state index contributed by atoms with van der Waals surface area (Å²) in [6.07, 6.45) is 1.90. The lowest BCUT2D eigenvalue weighted by molar-refractivity contribution is 0.415. The van der Waals surface area contributed by atoms with E-state index in [2.05, 4.69) is 5.10 Å². The normalized spacial score (nSPS) is 11.3. The van der Waals surface area contributed by atoms with Crippen LogP contribution in [-0.4, -0.2) is 26.5 Å². The van der Waals surface area contributed by atoms with Crippen LogP contribution in [0, 0.1) is 0 Å². The molecular weight excluding hydrogens is 340 g/mol. The summed E-state index contributed by atoms with van der Waals surface area (Å²) >= 11 is 0. The summed E-state index contributed by atoms with van der Waals surface area (Å²) < 4.78 is 8.69. The molecule has 3 heterocycles. The van der Waals surface area contributed by atoms with Crippen molar-refractivity contribution in [2.75, 3.05) is 7.11 Å². The fraction of sp³-hybridized carbons (Fsp3) is 0.190. The Morgan fingerprint density at radius 3 is 2.63 bits per heavy atom. The molecule has 0 saturated carbocycles. The fourth-order valence-electron chi connectivity index (χ4n) is 3.15. The molecule has 6 heteroatoms. The summed E-state index contributed by atoms with van der Waals surface area (Å²) in [5, 5.41) is 9.38. The van der Waals surface area contributed by atoms with E-state index in [1.807, 2.05) is 67.0 Å². The molecular formula is C21H20N4O2. The first-order valence-electron chi connectivity index (χ1n) is 8.80. The molecule has 0 aliphatic rings. The van der Waals surface area contributed by atoms with Crippen molar-refractivity contribution < 1.29 is 4.74 Å². The first kappa shape index (κ1) is 17.0. The zero-order chi connectivity index (χ0) is 19.0. The minimum absolute atomic E-state index is 0.0282. The highest BCUT2D eigenvalue weighted by atomic mass is 16.5. The molecule has 0 aliphatic carbocycles. The molecule has 136 valence electrons. The highest BCUT2D eigenvalue weighted by molar-refractivity contribution is 5.90. The van der Waals surface area contributed by atoms with E-state index < -0.39 is 0 Å². The van der Waals surface area contributed by atoms with Gasteiger partial charge in [0.2, 0.25) is 0 Å². The predicted molar refractivity (Wildman–Crippen MR) is 105 cm³/mol. The first-order valence-corrected chi connectivity index (χ1v) is 8.80. The van der Waals surface area contributed by atoms with Crippen LogP contribution in [-0.2, 0) is 0 Å². The zero-order valence-electron chi connectivity index (χ0n) is 15.5. The highest BCUT2D eigenvalue weighted by Gasteiger charge is 2.19. The maximum absolute atomic E-state index is 12.1. The minimum Gasteiger partial charge on any atom is -0.497 e. The Morgan fingerprint density at radius 2 is 1.85 bits per heavy atom. The summed E-state index contributed by atoms with van der Waals surface area (Å²) in [7, 11) is 1.64. The maximum atomic E-state index is 12.1. The Balaban J connectivity index is 2.02. The van der Waals surface area contributed by atoms with Crippen LogP contribution in [0.1, 0.15) is 19.9 Å². The second-order valence-corrected chi connectivity index (χ2v) is 6.58. The van der Waals surface area contributed by atoms with Gasteiger partial charge >= 0.3 is 0 Å². The lowest BCUT2D eigenvalue weighted by Gasteiger charge is -2.10. The Hall–Kier alpha value is -3.41. The number of fused-ring (bicyclic) bond motifs is 1. The van der Waals surface area contributed by atoms with Crippen LogP contribution in [0.25, 0.3) is 28.0 Å². The minimum atomic E-state index is -0.117. The SMILES string of the molecule is COc1cccc(-c2nn3ccccc3c2-c2ccc(=O)n(C(C)C)n2)c1. The van der Waals surface area contributed by atoms with E-state index in [4.69, 9.17) is 9.84 Å². The number of pyridine rings is 1. The summed E-state index contributed by atoms with van der Waals surface area (Å²) in [4.78, 5) is 12.1. The van der Waals surface area contributed by atoms with Crippen molar-refractivity contribution in [3.05, 3.63) is 71.1 Å². The molecule has 3 aromatic heterocycles. The lowest BCUT2D eigenvalue weighted by Crippen LogP contribution is -2.23. The number of ether oxygens (including phenoxy) is 1. The van der Waals surface area contributed by atoms with E-state index in [0.717, 1.165) is 28.1 Å². The average molecular weight is 360 g/mol. The lowest BCUT2D eigenvalue weighted by atomic mass is 10.0. The van der Waals surface area contributed by atoms with Gasteiger partial charge in [0.15, 0.2) is 0 Å². The van der Waals surface area contributed by atoms with Crippen molar-refractivity contribution in [2.45, 2.75) is 19.9 Å². The molecule has 0 spiro atoms. The molecule has 0 amide bonds. The van der Waals surface area contributed by atoms with Gasteiger partial charge in [0.25, 0.3) is 5.56 Å². The number of rotatable bonds is 4. The van der Waals surface area contributed by atoms with Crippen molar-refractivity contribution in [1.82, 2.24) is 19.4 Å². The van der Waals surface area contributed by atoms with Crippen LogP contribution in [0.2, 0.25) is 0 Å². The fourth-order valence-corrected chi connectivity index (χ4v) is 3.15. The van der Waals surface area contributed by atoms with Gasteiger partial charge in [-0.25, -0.2) is 9.20 Å². The second-order valence-electron chi connectivity index (χ2n) is 6.58. The Labute approximate surface area is 156 Å². The van der Waals surface area contributed by atoms with Crippen molar-refractivity contribution in [3.63, 3.8) is 0 Å². The number of benzene rings is 1. The van der Waals surface area contributed by atoms with Crippen LogP contribution in [0.4, 0.5) is 0 Å². The van der Waals surface area contributed by atoms with Gasteiger partial charge < -0.3 is 4.74 Å². The standard InChI is InChI=1S/C21H20N4O2/c1-14(2)25-19(26)11-10-17(22-25)20-18-9-4-5-12-24(18)23-21(20)15-7-6-8-16(13-15)27-3/h4-14H,1-3H3. The van der Waals surface area contributed by atoms with Crippen LogP contribution in [0.15, 0.2) is 65.6 Å². The second kappa shape index (κ2) is 6.72. The molecule has 0 unspecified atom stereocenters. The van der Waals surface area contributed by atoms with Crippen LogP contribution in [0.5, 0.6) is 5.75 Å². The van der Waals surface area contributed by atoms with Crippen molar-refractivity contribution in [2.24, 2.45) is 0 Å². The van der Waals surface area contributed by atoms with E-state index in [1.165, 1.54) is 4.68 Å². The largest absolute Gasteiger partial charge is 0.497 e. The third-order valence-corrected chi connectivity index (χ3v) is 4.45. The van der Waals surface area contributed by atoms with Gasteiger partial charge in [-0.2, -0.15) is 10.2 Å². The van der Waals surface area contributed by atoms with Gasteiger partial charge in [-0.1, -0.05) is 18.2 Å². The number of hydrogen-bond donors (Lipinski definition) is 0. The van der Waals surface area contributed by atoms with Crippen LogP contribution >= 0.6 is 0 Å². The topological polar surface area (TPSA) is 61.4 Å². The molecule has 1 aromatic carbocycles. The Morgan fingerprint density at radius 1 is 1.00 bits per heavy atom. The van der Waals surface area contributed by atoms with E-state index in [9.17, 15) is 4.79 Å². The van der Waals surface area contributed by atoms with Crippen molar-refractivity contribution in [3.8, 4) is 28.3 Å². The third-order valence-electron chi connectivity index (χ3n) is 4.45. The number of hydrogen-bond acceptors (Lipinski definition) is 4. The maximum Gasteiger partial charge on any atom is 0.267 e. The average Bonchev–Trinajstić information content (AvgIpc) is 3.08. The van der Waals surface area contributed by atoms with Crippen molar-refractivity contribution in [1.29, 1.82) is 0 Å². The summed E-state index contributed by atoms with van der Waals surface area (Å²) in [5.74, 6) is 0.760. The molecule has 0 saturated heterocycles. The van der Waals surface area contributed by atoms with E-state index in [-0.39, 0.29) is 11.6 Å². The summed E-state index contributed by atoms with van der Waals surface area (Å²) in [5.41, 5.74) is 4.13. The first-order chi connectivity index (χ1) is 13.1. The summed E-state index contributed by atoms with van der Waals surface area (Å²) in [6, 6.07) is 17.0. The van der Waals surface area contributed by atoms with Gasteiger partial charge in [0.05, 0.1) is 29.9 Å². The van der Waals surface area contributed by atoms with Crippen LogP contribution in [0.3, 0.4) is 0 Å². The molecule has 0 radical (unpaired) electrons.